The molecule has 1 aliphatic heterocycles. The van der Waals surface area contributed by atoms with Gasteiger partial charge in [-0.1, -0.05) is 48.0 Å². The van der Waals surface area contributed by atoms with Crippen LogP contribution in [0.3, 0.4) is 0 Å². The lowest BCUT2D eigenvalue weighted by atomic mass is 9.96. The van der Waals surface area contributed by atoms with Crippen LogP contribution in [0.2, 0.25) is 5.15 Å². The normalized spacial score (nSPS) is 13.1. The Bertz CT molecular complexity index is 798. The van der Waals surface area contributed by atoms with Crippen molar-refractivity contribution in [1.82, 2.24) is 4.98 Å². The first-order valence-corrected chi connectivity index (χ1v) is 7.50. The Kier molecular flexibility index (Phi) is 2.54. The number of nitrogens with zero attached hydrogens (tertiary/aromatic N) is 1. The van der Waals surface area contributed by atoms with Crippen LogP contribution in [0.1, 0.15) is 5.56 Å². The van der Waals surface area contributed by atoms with Gasteiger partial charge in [-0.05, 0) is 23.3 Å². The molecule has 1 aromatic heterocycles. The molecule has 0 radical (unpaired) electrons. The Morgan fingerprint density at radius 2 is 1.79 bits per heavy atom. The second kappa shape index (κ2) is 4.26. The molecule has 0 bridgehead atoms. The molecule has 3 aromatic rings. The second-order valence-corrected chi connectivity index (χ2v) is 5.93. The number of hydrogen-bond acceptors (Lipinski definition) is 2. The molecule has 0 spiro atoms. The Morgan fingerprint density at radius 3 is 2.74 bits per heavy atom. The predicted molar refractivity (Wildman–Crippen MR) is 81.8 cm³/mol. The van der Waals surface area contributed by atoms with E-state index in [9.17, 15) is 0 Å². The molecule has 19 heavy (non-hydrogen) atoms. The highest BCUT2D eigenvalue weighted by molar-refractivity contribution is 7.98. The van der Waals surface area contributed by atoms with Gasteiger partial charge in [0.2, 0.25) is 0 Å². The van der Waals surface area contributed by atoms with E-state index in [1.54, 1.807) is 0 Å². The molecule has 0 saturated carbocycles. The Labute approximate surface area is 120 Å². The SMILES string of the molecule is Clc1nc2ccccc2c2c1CSc1ccccc1-2. The number of halogens is 1. The van der Waals surface area contributed by atoms with Crippen LogP contribution in [-0.4, -0.2) is 4.98 Å². The third-order valence-electron chi connectivity index (χ3n) is 3.47. The maximum atomic E-state index is 6.36. The van der Waals surface area contributed by atoms with E-state index in [1.807, 2.05) is 23.9 Å². The summed E-state index contributed by atoms with van der Waals surface area (Å²) in [7, 11) is 0. The fourth-order valence-electron chi connectivity index (χ4n) is 2.61. The highest BCUT2D eigenvalue weighted by Gasteiger charge is 2.21. The number of hydrogen-bond donors (Lipinski definition) is 0. The minimum atomic E-state index is 0.635. The number of thioether (sulfide) groups is 1. The number of para-hydroxylation sites is 1. The van der Waals surface area contributed by atoms with Crippen molar-refractivity contribution in [3.63, 3.8) is 0 Å². The smallest absolute Gasteiger partial charge is 0.134 e. The van der Waals surface area contributed by atoms with Crippen molar-refractivity contribution in [2.75, 3.05) is 0 Å². The zero-order valence-corrected chi connectivity index (χ0v) is 11.6. The van der Waals surface area contributed by atoms with Crippen LogP contribution in [0.5, 0.6) is 0 Å². The summed E-state index contributed by atoms with van der Waals surface area (Å²) in [5.74, 6) is 0.892. The summed E-state index contributed by atoms with van der Waals surface area (Å²) in [5.41, 5.74) is 4.65. The molecule has 4 rings (SSSR count). The number of pyridine rings is 1. The maximum Gasteiger partial charge on any atom is 0.134 e. The molecule has 1 aliphatic rings. The summed E-state index contributed by atoms with van der Waals surface area (Å²) < 4.78 is 0. The van der Waals surface area contributed by atoms with Gasteiger partial charge in [0.15, 0.2) is 0 Å². The van der Waals surface area contributed by atoms with E-state index in [2.05, 4.69) is 41.4 Å². The van der Waals surface area contributed by atoms with Crippen molar-refractivity contribution in [1.29, 1.82) is 0 Å². The molecule has 2 heterocycles. The van der Waals surface area contributed by atoms with Crippen molar-refractivity contribution < 1.29 is 0 Å². The summed E-state index contributed by atoms with van der Waals surface area (Å²) in [6, 6.07) is 16.7. The predicted octanol–water partition coefficient (Wildman–Crippen LogP) is 5.16. The van der Waals surface area contributed by atoms with Gasteiger partial charge in [0.25, 0.3) is 0 Å². The third-order valence-corrected chi connectivity index (χ3v) is 4.88. The largest absolute Gasteiger partial charge is 0.236 e. The topological polar surface area (TPSA) is 12.9 Å². The molecular weight excluding hydrogens is 274 g/mol. The highest BCUT2D eigenvalue weighted by Crippen LogP contribution is 2.46. The van der Waals surface area contributed by atoms with Gasteiger partial charge in [-0.3, -0.25) is 0 Å². The van der Waals surface area contributed by atoms with Gasteiger partial charge in [-0.2, -0.15) is 0 Å². The molecule has 0 aliphatic carbocycles. The molecule has 2 aromatic carbocycles. The number of rotatable bonds is 0. The Morgan fingerprint density at radius 1 is 1.00 bits per heavy atom. The maximum absolute atomic E-state index is 6.36. The lowest BCUT2D eigenvalue weighted by Crippen LogP contribution is -2.00. The van der Waals surface area contributed by atoms with Crippen LogP contribution in [-0.2, 0) is 5.75 Å². The van der Waals surface area contributed by atoms with E-state index in [0.717, 1.165) is 16.8 Å². The lowest BCUT2D eigenvalue weighted by Gasteiger charge is -2.21. The van der Waals surface area contributed by atoms with Gasteiger partial charge in [-0.15, -0.1) is 11.8 Å². The third kappa shape index (κ3) is 1.67. The fraction of sp³-hybridized carbons (Fsp3) is 0.0625. The average Bonchev–Trinajstić information content (AvgIpc) is 2.47. The lowest BCUT2D eigenvalue weighted by molar-refractivity contribution is 1.27. The standard InChI is InChI=1S/C16H10ClNS/c17-16-12-9-19-14-8-4-2-6-11(14)15(12)10-5-1-3-7-13(10)18-16/h1-8H,9H2. The van der Waals surface area contributed by atoms with Crippen LogP contribution in [0.15, 0.2) is 53.4 Å². The monoisotopic (exact) mass is 283 g/mol. The van der Waals surface area contributed by atoms with E-state index < -0.39 is 0 Å². The molecule has 0 amide bonds. The zero-order valence-electron chi connectivity index (χ0n) is 10.1. The summed E-state index contributed by atoms with van der Waals surface area (Å²) in [6.07, 6.45) is 0. The quantitative estimate of drug-likeness (QED) is 0.529. The molecule has 0 atom stereocenters. The summed E-state index contributed by atoms with van der Waals surface area (Å²) in [6.45, 7) is 0. The fourth-order valence-corrected chi connectivity index (χ4v) is 4.02. The van der Waals surface area contributed by atoms with E-state index >= 15 is 0 Å². The molecule has 1 nitrogen and oxygen atoms in total. The van der Waals surface area contributed by atoms with Gasteiger partial charge in [0.1, 0.15) is 5.15 Å². The van der Waals surface area contributed by atoms with Crippen molar-refractivity contribution in [3.05, 3.63) is 59.2 Å². The van der Waals surface area contributed by atoms with Crippen molar-refractivity contribution >= 4 is 34.3 Å². The van der Waals surface area contributed by atoms with Gasteiger partial charge < -0.3 is 0 Å². The van der Waals surface area contributed by atoms with E-state index in [1.165, 1.54) is 21.4 Å². The summed E-state index contributed by atoms with van der Waals surface area (Å²) in [5, 5.41) is 1.82. The molecular formula is C16H10ClNS. The van der Waals surface area contributed by atoms with Crippen molar-refractivity contribution in [2.45, 2.75) is 10.6 Å². The van der Waals surface area contributed by atoms with E-state index in [-0.39, 0.29) is 0 Å². The Hall–Kier alpha value is -1.51. The van der Waals surface area contributed by atoms with Crippen LogP contribution in [0.25, 0.3) is 22.0 Å². The van der Waals surface area contributed by atoms with E-state index in [0.29, 0.717) is 5.15 Å². The molecule has 0 fully saturated rings. The van der Waals surface area contributed by atoms with Gasteiger partial charge in [0.05, 0.1) is 5.52 Å². The van der Waals surface area contributed by atoms with Crippen molar-refractivity contribution in [3.8, 4) is 11.1 Å². The number of aromatic nitrogens is 1. The van der Waals surface area contributed by atoms with Crippen molar-refractivity contribution in [2.24, 2.45) is 0 Å². The van der Waals surface area contributed by atoms with Gasteiger partial charge in [-0.25, -0.2) is 4.98 Å². The first-order valence-electron chi connectivity index (χ1n) is 6.14. The number of benzene rings is 2. The summed E-state index contributed by atoms with van der Waals surface area (Å²) >= 11 is 8.19. The molecule has 92 valence electrons. The zero-order chi connectivity index (χ0) is 12.8. The molecule has 3 heteroatoms. The minimum absolute atomic E-state index is 0.635. The van der Waals surface area contributed by atoms with E-state index in [4.69, 9.17) is 11.6 Å². The van der Waals surface area contributed by atoms with Crippen LogP contribution in [0, 0.1) is 0 Å². The molecule has 0 N–H and O–H groups in total. The first-order chi connectivity index (χ1) is 9.34. The minimum Gasteiger partial charge on any atom is -0.236 e. The van der Waals surface area contributed by atoms with Gasteiger partial charge >= 0.3 is 0 Å². The number of fused-ring (bicyclic) bond motifs is 5. The molecule has 0 saturated heterocycles. The van der Waals surface area contributed by atoms with Crippen LogP contribution < -0.4 is 0 Å². The first kappa shape index (κ1) is 11.3. The average molecular weight is 284 g/mol. The Balaban J connectivity index is 2.19. The van der Waals surface area contributed by atoms with Crippen LogP contribution >= 0.6 is 23.4 Å². The van der Waals surface area contributed by atoms with Gasteiger partial charge in [0, 0.05) is 21.6 Å². The van der Waals surface area contributed by atoms with Crippen LogP contribution in [0.4, 0.5) is 0 Å². The summed E-state index contributed by atoms with van der Waals surface area (Å²) in [4.78, 5) is 5.84. The highest BCUT2D eigenvalue weighted by atomic mass is 35.5. The molecule has 0 unspecified atom stereocenters. The second-order valence-electron chi connectivity index (χ2n) is 4.56.